The van der Waals surface area contributed by atoms with Crippen LogP contribution in [0.5, 0.6) is 0 Å². The molecule has 0 aromatic heterocycles. The van der Waals surface area contributed by atoms with Crippen molar-refractivity contribution < 1.29 is 9.18 Å². The Morgan fingerprint density at radius 2 is 1.90 bits per heavy atom. The van der Waals surface area contributed by atoms with Gasteiger partial charge in [-0.1, -0.05) is 39.7 Å². The molecule has 0 aliphatic carbocycles. The molecule has 1 N–H and O–H groups in total. The first-order valence-corrected chi connectivity index (χ1v) is 7.17. The number of hydrogen-bond donors (Lipinski definition) is 1. The number of nitrogens with one attached hydrogen (secondary N) is 1. The molecule has 2 nitrogen and oxygen atoms in total. The van der Waals surface area contributed by atoms with Gasteiger partial charge in [-0.05, 0) is 41.5 Å². The SMILES string of the molecule is O=C(Cc1cc(Br)ccc1F)NCc1ccc(Cl)cc1. The number of halogens is 3. The van der Waals surface area contributed by atoms with Gasteiger partial charge in [-0.25, -0.2) is 4.39 Å². The average molecular weight is 357 g/mol. The van der Waals surface area contributed by atoms with Crippen molar-refractivity contribution in [2.45, 2.75) is 13.0 Å². The lowest BCUT2D eigenvalue weighted by Gasteiger charge is -2.07. The summed E-state index contributed by atoms with van der Waals surface area (Å²) in [5, 5.41) is 3.40. The lowest BCUT2D eigenvalue weighted by atomic mass is 10.1. The van der Waals surface area contributed by atoms with Crippen LogP contribution in [0.4, 0.5) is 4.39 Å². The summed E-state index contributed by atoms with van der Waals surface area (Å²) in [7, 11) is 0. The summed E-state index contributed by atoms with van der Waals surface area (Å²) in [5.74, 6) is -0.605. The fourth-order valence-corrected chi connectivity index (χ4v) is 2.25. The van der Waals surface area contributed by atoms with Crippen LogP contribution >= 0.6 is 27.5 Å². The number of rotatable bonds is 4. The van der Waals surface area contributed by atoms with Gasteiger partial charge >= 0.3 is 0 Å². The van der Waals surface area contributed by atoms with Crippen LogP contribution in [0.2, 0.25) is 5.02 Å². The van der Waals surface area contributed by atoms with Gasteiger partial charge in [0.15, 0.2) is 0 Å². The fraction of sp³-hybridized carbons (Fsp3) is 0.133. The molecule has 0 atom stereocenters. The highest BCUT2D eigenvalue weighted by Gasteiger charge is 2.08. The predicted molar refractivity (Wildman–Crippen MR) is 81.1 cm³/mol. The van der Waals surface area contributed by atoms with Gasteiger partial charge in [-0.15, -0.1) is 0 Å². The highest BCUT2D eigenvalue weighted by Crippen LogP contribution is 2.16. The predicted octanol–water partition coefficient (Wildman–Crippen LogP) is 4.10. The monoisotopic (exact) mass is 355 g/mol. The molecule has 5 heteroatoms. The molecule has 0 heterocycles. The normalized spacial score (nSPS) is 10.3. The third-order valence-electron chi connectivity index (χ3n) is 2.76. The van der Waals surface area contributed by atoms with Gasteiger partial charge in [0.25, 0.3) is 0 Å². The Labute approximate surface area is 130 Å². The molecule has 0 spiro atoms. The van der Waals surface area contributed by atoms with E-state index in [9.17, 15) is 9.18 Å². The van der Waals surface area contributed by atoms with Crippen LogP contribution in [0, 0.1) is 5.82 Å². The maximum absolute atomic E-state index is 13.5. The van der Waals surface area contributed by atoms with E-state index < -0.39 is 0 Å². The Hall–Kier alpha value is -1.39. The second kappa shape index (κ2) is 6.86. The van der Waals surface area contributed by atoms with Crippen molar-refractivity contribution in [3.8, 4) is 0 Å². The molecule has 0 bridgehead atoms. The van der Waals surface area contributed by atoms with Crippen LogP contribution in [0.25, 0.3) is 0 Å². The van der Waals surface area contributed by atoms with Crippen LogP contribution in [0.15, 0.2) is 46.9 Å². The van der Waals surface area contributed by atoms with E-state index >= 15 is 0 Å². The molecule has 0 saturated carbocycles. The Bertz CT molecular complexity index is 616. The van der Waals surface area contributed by atoms with Crippen molar-refractivity contribution in [1.82, 2.24) is 5.32 Å². The summed E-state index contributed by atoms with van der Waals surface area (Å²) < 4.78 is 14.3. The third kappa shape index (κ3) is 4.32. The second-order valence-corrected chi connectivity index (χ2v) is 5.67. The Morgan fingerprint density at radius 1 is 1.20 bits per heavy atom. The Kier molecular flexibility index (Phi) is 5.15. The molecule has 104 valence electrons. The molecule has 0 aliphatic rings. The van der Waals surface area contributed by atoms with E-state index in [4.69, 9.17) is 11.6 Å². The quantitative estimate of drug-likeness (QED) is 0.878. The maximum atomic E-state index is 13.5. The first-order valence-electron chi connectivity index (χ1n) is 5.99. The van der Waals surface area contributed by atoms with Gasteiger partial charge in [0.1, 0.15) is 5.82 Å². The van der Waals surface area contributed by atoms with Gasteiger partial charge in [0.2, 0.25) is 5.91 Å². The fourth-order valence-electron chi connectivity index (χ4n) is 1.72. The first kappa shape index (κ1) is 15.0. The minimum atomic E-state index is -0.380. The number of carbonyl (C=O) groups is 1. The third-order valence-corrected chi connectivity index (χ3v) is 3.51. The molecule has 0 saturated heterocycles. The van der Waals surface area contributed by atoms with Crippen molar-refractivity contribution in [3.63, 3.8) is 0 Å². The Morgan fingerprint density at radius 3 is 2.60 bits per heavy atom. The molecule has 2 aromatic carbocycles. The molecule has 0 radical (unpaired) electrons. The van der Waals surface area contributed by atoms with E-state index in [2.05, 4.69) is 21.2 Å². The molecule has 2 rings (SSSR count). The van der Waals surface area contributed by atoms with E-state index in [1.54, 1.807) is 24.3 Å². The van der Waals surface area contributed by atoms with Crippen LogP contribution in [-0.4, -0.2) is 5.91 Å². The average Bonchev–Trinajstić information content (AvgIpc) is 2.42. The largest absolute Gasteiger partial charge is 0.352 e. The van der Waals surface area contributed by atoms with Gasteiger partial charge in [-0.2, -0.15) is 0 Å². The Balaban J connectivity index is 1.92. The molecule has 0 fully saturated rings. The standard InChI is InChI=1S/C15H12BrClFNO/c16-12-3-6-14(18)11(7-12)8-15(20)19-9-10-1-4-13(17)5-2-10/h1-7H,8-9H2,(H,19,20). The summed E-state index contributed by atoms with van der Waals surface area (Å²) in [6.07, 6.45) is 0.0128. The van der Waals surface area contributed by atoms with E-state index in [-0.39, 0.29) is 18.1 Å². The molecular formula is C15H12BrClFNO. The van der Waals surface area contributed by atoms with Crippen LogP contribution < -0.4 is 5.32 Å². The van der Waals surface area contributed by atoms with Crippen molar-refractivity contribution >= 4 is 33.4 Å². The van der Waals surface area contributed by atoms with Gasteiger partial charge in [0, 0.05) is 16.0 Å². The molecule has 2 aromatic rings. The van der Waals surface area contributed by atoms with Crippen molar-refractivity contribution in [2.24, 2.45) is 0 Å². The summed E-state index contributed by atoms with van der Waals surface area (Å²) >= 11 is 9.04. The summed E-state index contributed by atoms with van der Waals surface area (Å²) in [6, 6.07) is 11.7. The van der Waals surface area contributed by atoms with Crippen LogP contribution in [-0.2, 0) is 17.8 Å². The minimum absolute atomic E-state index is 0.0128. The summed E-state index contributed by atoms with van der Waals surface area (Å²) in [6.45, 7) is 0.394. The van der Waals surface area contributed by atoms with E-state index in [0.29, 0.717) is 17.1 Å². The molecule has 0 aliphatic heterocycles. The number of benzene rings is 2. The number of carbonyl (C=O) groups excluding carboxylic acids is 1. The van der Waals surface area contributed by atoms with Gasteiger partial charge in [-0.3, -0.25) is 4.79 Å². The lowest BCUT2D eigenvalue weighted by Crippen LogP contribution is -2.24. The number of hydrogen-bond acceptors (Lipinski definition) is 1. The number of amides is 1. The topological polar surface area (TPSA) is 29.1 Å². The molecule has 20 heavy (non-hydrogen) atoms. The van der Waals surface area contributed by atoms with E-state index in [1.807, 2.05) is 12.1 Å². The van der Waals surface area contributed by atoms with Crippen molar-refractivity contribution in [1.29, 1.82) is 0 Å². The minimum Gasteiger partial charge on any atom is -0.352 e. The smallest absolute Gasteiger partial charge is 0.224 e. The highest BCUT2D eigenvalue weighted by atomic mass is 79.9. The molecule has 0 unspecified atom stereocenters. The van der Waals surface area contributed by atoms with Gasteiger partial charge < -0.3 is 5.32 Å². The summed E-state index contributed by atoms with van der Waals surface area (Å²) in [4.78, 5) is 11.8. The van der Waals surface area contributed by atoms with Crippen molar-refractivity contribution in [2.75, 3.05) is 0 Å². The molecular weight excluding hydrogens is 345 g/mol. The second-order valence-electron chi connectivity index (χ2n) is 4.32. The van der Waals surface area contributed by atoms with Crippen LogP contribution in [0.1, 0.15) is 11.1 Å². The van der Waals surface area contributed by atoms with E-state index in [1.165, 1.54) is 6.07 Å². The van der Waals surface area contributed by atoms with Crippen LogP contribution in [0.3, 0.4) is 0 Å². The lowest BCUT2D eigenvalue weighted by molar-refractivity contribution is -0.120. The maximum Gasteiger partial charge on any atom is 0.224 e. The first-order chi connectivity index (χ1) is 9.54. The zero-order valence-electron chi connectivity index (χ0n) is 10.5. The zero-order valence-corrected chi connectivity index (χ0v) is 12.8. The summed E-state index contributed by atoms with van der Waals surface area (Å²) in [5.41, 5.74) is 1.31. The zero-order chi connectivity index (χ0) is 14.5. The van der Waals surface area contributed by atoms with E-state index in [0.717, 1.165) is 10.0 Å². The highest BCUT2D eigenvalue weighted by molar-refractivity contribution is 9.10. The molecule has 1 amide bonds. The van der Waals surface area contributed by atoms with Gasteiger partial charge in [0.05, 0.1) is 6.42 Å². The van der Waals surface area contributed by atoms with Crippen molar-refractivity contribution in [3.05, 3.63) is 68.9 Å².